The van der Waals surface area contributed by atoms with Gasteiger partial charge in [0.05, 0.1) is 13.2 Å². The average Bonchev–Trinajstić information content (AvgIpc) is 2.31. The van der Waals surface area contributed by atoms with E-state index >= 15 is 0 Å². The predicted molar refractivity (Wildman–Crippen MR) is 60.1 cm³/mol. The Kier molecular flexibility index (Phi) is 4.69. The van der Waals surface area contributed by atoms with Gasteiger partial charge in [0, 0.05) is 11.8 Å². The minimum absolute atomic E-state index is 0.297. The van der Waals surface area contributed by atoms with Gasteiger partial charge in [-0.25, -0.2) is 4.79 Å². The first-order valence-electron chi connectivity index (χ1n) is 5.34. The van der Waals surface area contributed by atoms with Crippen LogP contribution in [0.4, 0.5) is 0 Å². The van der Waals surface area contributed by atoms with Crippen LogP contribution >= 0.6 is 0 Å². The molecule has 5 nitrogen and oxygen atoms in total. The standard InChI is InChI=1S/C11H16N2O3/c1-3-10(11(15)16-4-2)13-7-9(8-14)5-6-12-13/h5-6,8,10H,3-4,7H2,1-2H3. The Morgan fingerprint density at radius 2 is 2.44 bits per heavy atom. The second-order valence-corrected chi connectivity index (χ2v) is 3.40. The summed E-state index contributed by atoms with van der Waals surface area (Å²) in [5.41, 5.74) is 0.609. The molecule has 0 aliphatic carbocycles. The van der Waals surface area contributed by atoms with Crippen molar-refractivity contribution in [2.45, 2.75) is 26.3 Å². The Morgan fingerprint density at radius 3 is 3.00 bits per heavy atom. The number of hydrazone groups is 1. The lowest BCUT2D eigenvalue weighted by Gasteiger charge is -2.28. The van der Waals surface area contributed by atoms with Crippen molar-refractivity contribution < 1.29 is 14.3 Å². The van der Waals surface area contributed by atoms with E-state index < -0.39 is 6.04 Å². The molecule has 0 N–H and O–H groups in total. The van der Waals surface area contributed by atoms with Crippen molar-refractivity contribution in [3.63, 3.8) is 0 Å². The predicted octanol–water partition coefficient (Wildman–Crippen LogP) is 0.755. The molecule has 16 heavy (non-hydrogen) atoms. The minimum Gasteiger partial charge on any atom is -0.464 e. The van der Waals surface area contributed by atoms with E-state index in [1.54, 1.807) is 18.0 Å². The summed E-state index contributed by atoms with van der Waals surface area (Å²) < 4.78 is 4.95. The summed E-state index contributed by atoms with van der Waals surface area (Å²) in [6.07, 6.45) is 4.54. The van der Waals surface area contributed by atoms with Crippen molar-refractivity contribution in [3.05, 3.63) is 11.6 Å². The van der Waals surface area contributed by atoms with Crippen molar-refractivity contribution in [2.24, 2.45) is 5.10 Å². The van der Waals surface area contributed by atoms with E-state index in [0.717, 1.165) is 6.29 Å². The third kappa shape index (κ3) is 2.92. The summed E-state index contributed by atoms with van der Waals surface area (Å²) in [5.74, 6) is -0.297. The highest BCUT2D eigenvalue weighted by molar-refractivity contribution is 5.86. The van der Waals surface area contributed by atoms with Crippen LogP contribution in [0.5, 0.6) is 0 Å². The molecule has 5 heteroatoms. The second-order valence-electron chi connectivity index (χ2n) is 3.40. The van der Waals surface area contributed by atoms with Crippen LogP contribution in [-0.2, 0) is 14.3 Å². The van der Waals surface area contributed by atoms with Crippen molar-refractivity contribution in [1.29, 1.82) is 0 Å². The van der Waals surface area contributed by atoms with Crippen molar-refractivity contribution in [3.8, 4) is 0 Å². The zero-order chi connectivity index (χ0) is 12.0. The highest BCUT2D eigenvalue weighted by Gasteiger charge is 2.25. The normalized spacial score (nSPS) is 16.6. The fourth-order valence-corrected chi connectivity index (χ4v) is 1.50. The van der Waals surface area contributed by atoms with Crippen LogP contribution in [0.1, 0.15) is 20.3 Å². The first-order chi connectivity index (χ1) is 7.72. The molecule has 1 heterocycles. The summed E-state index contributed by atoms with van der Waals surface area (Å²) in [6.45, 7) is 4.36. The number of ether oxygens (including phenoxy) is 1. The van der Waals surface area contributed by atoms with Crippen LogP contribution in [-0.4, -0.2) is 42.7 Å². The molecule has 0 fully saturated rings. The summed E-state index contributed by atoms with van der Waals surface area (Å²) in [6, 6.07) is -0.417. The lowest BCUT2D eigenvalue weighted by molar-refractivity contribution is -0.149. The fourth-order valence-electron chi connectivity index (χ4n) is 1.50. The minimum atomic E-state index is -0.417. The Labute approximate surface area is 94.8 Å². The molecule has 0 bridgehead atoms. The van der Waals surface area contributed by atoms with Gasteiger partial charge in [-0.15, -0.1) is 0 Å². The second kappa shape index (κ2) is 6.05. The molecule has 0 aromatic heterocycles. The molecule has 0 saturated carbocycles. The molecule has 0 saturated heterocycles. The van der Waals surface area contributed by atoms with E-state index in [1.807, 2.05) is 6.92 Å². The fraction of sp³-hybridized carbons (Fsp3) is 0.545. The van der Waals surface area contributed by atoms with E-state index in [0.29, 0.717) is 25.1 Å². The Bertz CT molecular complexity index is 323. The number of nitrogens with zero attached hydrogens (tertiary/aromatic N) is 2. The highest BCUT2D eigenvalue weighted by atomic mass is 16.5. The molecular weight excluding hydrogens is 208 g/mol. The number of aldehydes is 1. The number of esters is 1. The number of allylic oxidation sites excluding steroid dienone is 1. The molecule has 1 unspecified atom stereocenters. The van der Waals surface area contributed by atoms with Gasteiger partial charge in [0.1, 0.15) is 12.3 Å². The van der Waals surface area contributed by atoms with Gasteiger partial charge in [0.15, 0.2) is 0 Å². The molecule has 1 atom stereocenters. The Hall–Kier alpha value is -1.65. The van der Waals surface area contributed by atoms with Gasteiger partial charge in [0.2, 0.25) is 0 Å². The number of hydrogen-bond acceptors (Lipinski definition) is 5. The van der Waals surface area contributed by atoms with Crippen LogP contribution in [0.3, 0.4) is 0 Å². The SMILES string of the molecule is CCOC(=O)C(CC)N1CC(C=O)=CC=N1. The van der Waals surface area contributed by atoms with Gasteiger partial charge in [-0.2, -0.15) is 5.10 Å². The topological polar surface area (TPSA) is 59.0 Å². The smallest absolute Gasteiger partial charge is 0.330 e. The molecular formula is C11H16N2O3. The van der Waals surface area contributed by atoms with Gasteiger partial charge >= 0.3 is 5.97 Å². The monoisotopic (exact) mass is 224 g/mol. The lowest BCUT2D eigenvalue weighted by Crippen LogP contribution is -2.40. The number of carbonyl (C=O) groups excluding carboxylic acids is 2. The molecule has 0 aromatic rings. The van der Waals surface area contributed by atoms with E-state index in [9.17, 15) is 9.59 Å². The molecule has 1 aliphatic rings. The van der Waals surface area contributed by atoms with Crippen LogP contribution in [0.2, 0.25) is 0 Å². The zero-order valence-corrected chi connectivity index (χ0v) is 9.55. The molecule has 88 valence electrons. The first-order valence-corrected chi connectivity index (χ1v) is 5.34. The van der Waals surface area contributed by atoms with E-state index in [1.165, 1.54) is 6.21 Å². The summed E-state index contributed by atoms with van der Waals surface area (Å²) in [4.78, 5) is 22.3. The maximum Gasteiger partial charge on any atom is 0.330 e. The van der Waals surface area contributed by atoms with Crippen molar-refractivity contribution in [2.75, 3.05) is 13.2 Å². The number of rotatable bonds is 5. The van der Waals surface area contributed by atoms with Gasteiger partial charge in [-0.05, 0) is 19.4 Å². The zero-order valence-electron chi connectivity index (χ0n) is 9.55. The number of hydrogen-bond donors (Lipinski definition) is 0. The van der Waals surface area contributed by atoms with Crippen molar-refractivity contribution in [1.82, 2.24) is 5.01 Å². The third-order valence-electron chi connectivity index (χ3n) is 2.30. The maximum atomic E-state index is 11.6. The number of carbonyl (C=O) groups is 2. The van der Waals surface area contributed by atoms with Crippen LogP contribution in [0, 0.1) is 0 Å². The van der Waals surface area contributed by atoms with E-state index in [2.05, 4.69) is 5.10 Å². The van der Waals surface area contributed by atoms with Crippen LogP contribution in [0.15, 0.2) is 16.8 Å². The van der Waals surface area contributed by atoms with E-state index in [4.69, 9.17) is 4.74 Å². The molecule has 0 aromatic carbocycles. The van der Waals surface area contributed by atoms with Crippen molar-refractivity contribution >= 4 is 18.5 Å². The van der Waals surface area contributed by atoms with E-state index in [-0.39, 0.29) is 5.97 Å². The summed E-state index contributed by atoms with van der Waals surface area (Å²) >= 11 is 0. The largest absolute Gasteiger partial charge is 0.464 e. The van der Waals surface area contributed by atoms with Gasteiger partial charge in [0.25, 0.3) is 0 Å². The molecule has 1 rings (SSSR count). The van der Waals surface area contributed by atoms with Crippen LogP contribution < -0.4 is 0 Å². The molecule has 0 spiro atoms. The molecule has 0 amide bonds. The highest BCUT2D eigenvalue weighted by Crippen LogP contribution is 2.12. The quantitative estimate of drug-likeness (QED) is 0.511. The van der Waals surface area contributed by atoms with Crippen LogP contribution in [0.25, 0.3) is 0 Å². The third-order valence-corrected chi connectivity index (χ3v) is 2.30. The Morgan fingerprint density at radius 1 is 1.69 bits per heavy atom. The average molecular weight is 224 g/mol. The summed E-state index contributed by atoms with van der Waals surface area (Å²) in [5, 5.41) is 5.66. The van der Waals surface area contributed by atoms with Gasteiger partial charge in [-0.1, -0.05) is 6.92 Å². The molecule has 0 radical (unpaired) electrons. The van der Waals surface area contributed by atoms with Gasteiger partial charge < -0.3 is 4.74 Å². The van der Waals surface area contributed by atoms with Gasteiger partial charge in [-0.3, -0.25) is 9.80 Å². The Balaban J connectivity index is 2.68. The first kappa shape index (κ1) is 12.4. The summed E-state index contributed by atoms with van der Waals surface area (Å²) in [7, 11) is 0. The maximum absolute atomic E-state index is 11.6. The molecule has 1 aliphatic heterocycles. The lowest BCUT2D eigenvalue weighted by atomic mass is 10.1.